The number of aliphatic hydroxyl groups is 4. The zero-order valence-corrected chi connectivity index (χ0v) is 44.9. The third kappa shape index (κ3) is 12.8. The Morgan fingerprint density at radius 2 is 1.22 bits per heavy atom. The summed E-state index contributed by atoms with van der Waals surface area (Å²) in [5, 5.41) is 55.6. The van der Waals surface area contributed by atoms with E-state index in [-0.39, 0.29) is 48.5 Å². The van der Waals surface area contributed by atoms with Gasteiger partial charge in [-0.05, 0) is 73.5 Å². The predicted molar refractivity (Wildman–Crippen MR) is 287 cm³/mol. The molecule has 6 aromatic rings. The lowest BCUT2D eigenvalue weighted by atomic mass is 9.81. The molecular formula is C52H72N16O9. The van der Waals surface area contributed by atoms with Crippen molar-refractivity contribution < 1.29 is 44.3 Å². The van der Waals surface area contributed by atoms with Gasteiger partial charge in [-0.25, -0.2) is 39.5 Å². The normalized spacial score (nSPS) is 21.9. The molecule has 5 amide bonds. The number of aromatic nitrogens is 8. The zero-order valence-electron chi connectivity index (χ0n) is 44.9. The van der Waals surface area contributed by atoms with Gasteiger partial charge in [0.05, 0.1) is 12.7 Å². The SMILES string of the molecule is CN(CCC(C)(C)NC(=O)Nc1ccc(C(C)(C)C)cc1)C[C@H]1O[C@@H](n2cnc3c(N)nc(CC(C)(C)c4ccc(NC(=O)NCCC(=O)N(C)C[C@H]5O[C@@H](n6cnc7c(N)ncnc76)[C@H](O)[C@@H]5O)cc4)nc32)[C@H](O)[C@@H]1O. The zero-order chi connectivity index (χ0) is 55.7. The van der Waals surface area contributed by atoms with E-state index >= 15 is 0 Å². The molecule has 0 bridgehead atoms. The highest BCUT2D eigenvalue weighted by Crippen LogP contribution is 2.35. The number of carbonyl (C=O) groups excluding carboxylic acids is 3. The number of nitrogens with zero attached hydrogens (tertiary/aromatic N) is 10. The topological polar surface area (TPSA) is 344 Å². The Bertz CT molecular complexity index is 3050. The number of rotatable bonds is 18. The van der Waals surface area contributed by atoms with Gasteiger partial charge < -0.3 is 72.4 Å². The second-order valence-corrected chi connectivity index (χ2v) is 22.4. The van der Waals surface area contributed by atoms with Crippen LogP contribution in [-0.2, 0) is 31.5 Å². The van der Waals surface area contributed by atoms with E-state index in [0.29, 0.717) is 65.5 Å². The van der Waals surface area contributed by atoms with E-state index in [1.807, 2.05) is 76.0 Å². The fraction of sp³-hybridized carbons (Fsp3) is 0.519. The van der Waals surface area contributed by atoms with Gasteiger partial charge in [-0.3, -0.25) is 13.9 Å². The molecule has 0 radical (unpaired) electrons. The van der Waals surface area contributed by atoms with Crippen LogP contribution in [0.2, 0.25) is 0 Å². The standard InChI is InChI=1S/C52H72N16O9/c1-50(2,3)28-10-14-31(15-11-28)61-49(75)64-52(6,7)19-21-65(8)23-32-38(70)40(72)47(76-32)68-27-59-37-43(54)62-34(63-45(37)68)22-51(4,5)29-12-16-30(17-13-29)60-48(74)55-20-18-35(69)66(9)24-33-39(71)41(73)46(77-33)67-26-58-36-42(53)56-25-57-44(36)67/h10-17,25-27,32-33,38-41,46-47,70-73H,18-24H2,1-9H3,(H2,53,56,57)(H2,54,62,63)(H2,55,60,74)(H2,61,64,75)/t32-,33-,38-,39-,40-,41-,46-,47-/m1/s1. The molecular weight excluding hydrogens is 993 g/mol. The summed E-state index contributed by atoms with van der Waals surface area (Å²) < 4.78 is 15.3. The van der Waals surface area contributed by atoms with Crippen LogP contribution < -0.4 is 32.7 Å². The van der Waals surface area contributed by atoms with Crippen LogP contribution in [0.15, 0.2) is 67.5 Å². The number of hydrogen-bond acceptors (Lipinski definition) is 18. The average molecular weight is 1070 g/mol. The largest absolute Gasteiger partial charge is 0.387 e. The first-order valence-corrected chi connectivity index (χ1v) is 25.5. The van der Waals surface area contributed by atoms with Gasteiger partial charge >= 0.3 is 12.1 Å². The van der Waals surface area contributed by atoms with Gasteiger partial charge in [-0.1, -0.05) is 58.9 Å². The van der Waals surface area contributed by atoms with Crippen molar-refractivity contribution >= 4 is 63.3 Å². The molecule has 4 aromatic heterocycles. The molecule has 2 aliphatic heterocycles. The van der Waals surface area contributed by atoms with Gasteiger partial charge in [-0.15, -0.1) is 0 Å². The molecule has 2 fully saturated rings. The monoisotopic (exact) mass is 1060 g/mol. The highest BCUT2D eigenvalue weighted by Gasteiger charge is 2.46. The number of hydrogen-bond donors (Lipinski definition) is 10. The molecule has 0 aliphatic carbocycles. The number of aliphatic hydroxyl groups excluding tert-OH is 4. The molecule has 414 valence electrons. The van der Waals surface area contributed by atoms with E-state index in [9.17, 15) is 34.8 Å². The van der Waals surface area contributed by atoms with Crippen molar-refractivity contribution in [3.8, 4) is 0 Å². The number of anilines is 4. The number of amides is 5. The highest BCUT2D eigenvalue weighted by atomic mass is 16.6. The number of fused-ring (bicyclic) bond motifs is 2. The van der Waals surface area contributed by atoms with Crippen molar-refractivity contribution in [1.82, 2.24) is 59.5 Å². The first-order valence-electron chi connectivity index (χ1n) is 25.5. The van der Waals surface area contributed by atoms with Gasteiger partial charge in [0.15, 0.2) is 35.4 Å². The third-order valence-electron chi connectivity index (χ3n) is 14.2. The van der Waals surface area contributed by atoms with Gasteiger partial charge in [0.25, 0.3) is 0 Å². The molecule has 8 atom stereocenters. The van der Waals surface area contributed by atoms with Crippen molar-refractivity contribution in [3.63, 3.8) is 0 Å². The molecule has 12 N–H and O–H groups in total. The van der Waals surface area contributed by atoms with E-state index in [2.05, 4.69) is 67.0 Å². The predicted octanol–water partition coefficient (Wildman–Crippen LogP) is 2.78. The number of urea groups is 2. The second kappa shape index (κ2) is 22.5. The van der Waals surface area contributed by atoms with E-state index < -0.39 is 66.1 Å². The Balaban J connectivity index is 0.794. The number of ether oxygens (including phenoxy) is 2. The summed E-state index contributed by atoms with van der Waals surface area (Å²) in [5.74, 6) is 0.385. The molecule has 25 heteroatoms. The van der Waals surface area contributed by atoms with Crippen LogP contribution >= 0.6 is 0 Å². The molecule has 6 heterocycles. The van der Waals surface area contributed by atoms with Crippen molar-refractivity contribution in [2.75, 3.05) is 62.4 Å². The van der Waals surface area contributed by atoms with E-state index in [1.54, 1.807) is 16.7 Å². The summed E-state index contributed by atoms with van der Waals surface area (Å²) in [7, 11) is 3.43. The van der Waals surface area contributed by atoms with Crippen LogP contribution in [0.5, 0.6) is 0 Å². The van der Waals surface area contributed by atoms with E-state index in [4.69, 9.17) is 25.9 Å². The highest BCUT2D eigenvalue weighted by molar-refractivity contribution is 5.90. The lowest BCUT2D eigenvalue weighted by Gasteiger charge is -2.30. The van der Waals surface area contributed by atoms with Crippen molar-refractivity contribution in [1.29, 1.82) is 0 Å². The fourth-order valence-corrected chi connectivity index (χ4v) is 9.50. The maximum absolute atomic E-state index is 13.0. The van der Waals surface area contributed by atoms with E-state index in [0.717, 1.165) is 5.56 Å². The Hall–Kier alpha value is -7.13. The smallest absolute Gasteiger partial charge is 0.319 e. The number of nitrogens with one attached hydrogen (secondary N) is 4. The second-order valence-electron chi connectivity index (χ2n) is 22.4. The van der Waals surface area contributed by atoms with Crippen LogP contribution in [-0.4, -0.2) is 170 Å². The van der Waals surface area contributed by atoms with Crippen molar-refractivity contribution in [3.05, 3.63) is 84.5 Å². The van der Waals surface area contributed by atoms with Gasteiger partial charge in [0.2, 0.25) is 5.91 Å². The van der Waals surface area contributed by atoms with Crippen LogP contribution in [0, 0.1) is 0 Å². The molecule has 25 nitrogen and oxygen atoms in total. The van der Waals surface area contributed by atoms with Crippen molar-refractivity contribution in [2.24, 2.45) is 0 Å². The number of nitrogen functional groups attached to an aromatic ring is 2. The van der Waals surface area contributed by atoms with Crippen LogP contribution in [0.1, 0.15) is 90.7 Å². The first kappa shape index (κ1) is 56.1. The molecule has 0 spiro atoms. The molecule has 2 saturated heterocycles. The summed E-state index contributed by atoms with van der Waals surface area (Å²) in [6.07, 6.45) is -3.92. The Morgan fingerprint density at radius 3 is 1.82 bits per heavy atom. The minimum Gasteiger partial charge on any atom is -0.387 e. The Kier molecular flexibility index (Phi) is 16.4. The molecule has 2 aromatic carbocycles. The average Bonchev–Trinajstić information content (AvgIpc) is 4.15. The summed E-state index contributed by atoms with van der Waals surface area (Å²) >= 11 is 0. The summed E-state index contributed by atoms with van der Waals surface area (Å²) in [6, 6.07) is 14.2. The third-order valence-corrected chi connectivity index (χ3v) is 14.2. The van der Waals surface area contributed by atoms with Crippen LogP contribution in [0.4, 0.5) is 32.6 Å². The van der Waals surface area contributed by atoms with Crippen LogP contribution in [0.3, 0.4) is 0 Å². The maximum atomic E-state index is 13.0. The minimum atomic E-state index is -1.34. The van der Waals surface area contributed by atoms with Gasteiger partial charge in [0, 0.05) is 63.0 Å². The number of nitrogens with two attached hydrogens (primary N) is 2. The summed E-state index contributed by atoms with van der Waals surface area (Å²) in [6.45, 7) is 15.2. The summed E-state index contributed by atoms with van der Waals surface area (Å²) in [4.78, 5) is 68.3. The molecule has 0 saturated carbocycles. The van der Waals surface area contributed by atoms with Crippen LogP contribution in [0.25, 0.3) is 22.3 Å². The minimum absolute atomic E-state index is 0.00330. The lowest BCUT2D eigenvalue weighted by Crippen LogP contribution is -2.48. The molecule has 8 rings (SSSR count). The quantitative estimate of drug-likeness (QED) is 0.0591. The van der Waals surface area contributed by atoms with Crippen molar-refractivity contribution in [2.45, 2.75) is 133 Å². The Labute approximate surface area is 445 Å². The van der Waals surface area contributed by atoms with Gasteiger partial charge in [0.1, 0.15) is 59.8 Å². The van der Waals surface area contributed by atoms with E-state index in [1.165, 1.54) is 41.1 Å². The molecule has 77 heavy (non-hydrogen) atoms. The molecule has 0 unspecified atom stereocenters. The number of likely N-dealkylation sites (N-methyl/N-ethyl adjacent to an activating group) is 2. The number of imidazole rings is 2. The summed E-state index contributed by atoms with van der Waals surface area (Å²) in [5.41, 5.74) is 15.8. The number of carbonyl (C=O) groups is 3. The first-order chi connectivity index (χ1) is 36.3. The maximum Gasteiger partial charge on any atom is 0.319 e. The lowest BCUT2D eigenvalue weighted by molar-refractivity contribution is -0.132. The van der Waals surface area contributed by atoms with Gasteiger partial charge in [-0.2, -0.15) is 0 Å². The molecule has 2 aliphatic rings. The fourth-order valence-electron chi connectivity index (χ4n) is 9.50. The Morgan fingerprint density at radius 1 is 0.675 bits per heavy atom. The number of benzene rings is 2.